The first-order valence-corrected chi connectivity index (χ1v) is 7.98. The smallest absolute Gasteiger partial charge is 0.222 e. The molecule has 0 unspecified atom stereocenters. The predicted molar refractivity (Wildman–Crippen MR) is 107 cm³/mol. The molecule has 138 valence electrons. The Morgan fingerprint density at radius 3 is 2.56 bits per heavy atom. The lowest BCUT2D eigenvalue weighted by molar-refractivity contribution is 0.345. The highest BCUT2D eigenvalue weighted by atomic mass is 35.5. The second-order valence-electron chi connectivity index (χ2n) is 5.91. The van der Waals surface area contributed by atoms with Crippen molar-refractivity contribution in [3.63, 3.8) is 0 Å². The maximum Gasteiger partial charge on any atom is 0.222 e. The second-order valence-corrected chi connectivity index (χ2v) is 5.91. The zero-order valence-corrected chi connectivity index (χ0v) is 15.5. The summed E-state index contributed by atoms with van der Waals surface area (Å²) in [6.07, 6.45) is 6.49. The number of nitrogens with two attached hydrogens (primary N) is 2. The number of hydrogen-bond acceptors (Lipinski definition) is 7. The van der Waals surface area contributed by atoms with E-state index in [0.29, 0.717) is 17.9 Å². The van der Waals surface area contributed by atoms with E-state index in [4.69, 9.17) is 11.5 Å². The monoisotopic (exact) mass is 385 g/mol. The number of hydrogen-bond donors (Lipinski definition) is 4. The number of aromatic nitrogens is 3. The van der Waals surface area contributed by atoms with Gasteiger partial charge >= 0.3 is 0 Å². The van der Waals surface area contributed by atoms with Crippen LogP contribution in [0, 0.1) is 0 Å². The van der Waals surface area contributed by atoms with Crippen LogP contribution < -0.4 is 22.1 Å². The summed E-state index contributed by atoms with van der Waals surface area (Å²) >= 11 is 0. The molecule has 2 aromatic heterocycles. The molecule has 3 rings (SSSR count). The fraction of sp³-hybridized carbons (Fsp3) is 0.438. The Kier molecular flexibility index (Phi) is 8.68. The van der Waals surface area contributed by atoms with E-state index >= 15 is 0 Å². The molecule has 0 saturated heterocycles. The summed E-state index contributed by atoms with van der Waals surface area (Å²) in [5.41, 5.74) is 13.7. The van der Waals surface area contributed by atoms with Gasteiger partial charge in [-0.15, -0.1) is 24.8 Å². The van der Waals surface area contributed by atoms with E-state index in [1.54, 1.807) is 6.20 Å². The van der Waals surface area contributed by atoms with Crippen molar-refractivity contribution < 1.29 is 0 Å². The van der Waals surface area contributed by atoms with Crippen LogP contribution in [0.1, 0.15) is 30.9 Å². The Morgan fingerprint density at radius 2 is 1.88 bits per heavy atom. The second kappa shape index (κ2) is 10.2. The lowest BCUT2D eigenvalue weighted by Gasteiger charge is -2.32. The maximum atomic E-state index is 5.84. The van der Waals surface area contributed by atoms with Gasteiger partial charge in [-0.2, -0.15) is 4.98 Å². The maximum absolute atomic E-state index is 5.84. The number of nitrogens with zero attached hydrogens (tertiary/aromatic N) is 3. The molecule has 6 N–H and O–H groups in total. The first kappa shape index (κ1) is 21.2. The van der Waals surface area contributed by atoms with Crippen LogP contribution in [0.4, 0.5) is 17.5 Å². The minimum Gasteiger partial charge on any atom is -0.384 e. The molecule has 2 aromatic rings. The summed E-state index contributed by atoms with van der Waals surface area (Å²) < 4.78 is 0. The van der Waals surface area contributed by atoms with Gasteiger partial charge in [0.05, 0.1) is 11.4 Å². The fourth-order valence-corrected chi connectivity index (χ4v) is 2.69. The molecule has 1 aliphatic carbocycles. The number of halogens is 2. The molecule has 9 heteroatoms. The molecule has 0 spiro atoms. The Labute approximate surface area is 160 Å². The number of rotatable bonds is 7. The number of nitrogens with one attached hydrogen (secondary N) is 2. The topological polar surface area (TPSA) is 115 Å². The van der Waals surface area contributed by atoms with Gasteiger partial charge < -0.3 is 22.1 Å². The zero-order valence-electron chi connectivity index (χ0n) is 13.9. The summed E-state index contributed by atoms with van der Waals surface area (Å²) in [7, 11) is 0. The third-order valence-electron chi connectivity index (χ3n) is 4.01. The van der Waals surface area contributed by atoms with Crippen molar-refractivity contribution in [2.45, 2.75) is 31.2 Å². The van der Waals surface area contributed by atoms with E-state index in [2.05, 4.69) is 25.6 Å². The van der Waals surface area contributed by atoms with E-state index in [9.17, 15) is 0 Å². The minimum absolute atomic E-state index is 0. The van der Waals surface area contributed by atoms with Crippen LogP contribution in [-0.2, 0) is 0 Å². The average Bonchev–Trinajstić information content (AvgIpc) is 2.52. The summed E-state index contributed by atoms with van der Waals surface area (Å²) in [5.74, 6) is 1.52. The highest BCUT2D eigenvalue weighted by molar-refractivity contribution is 5.85. The van der Waals surface area contributed by atoms with E-state index in [1.165, 1.54) is 0 Å². The number of anilines is 3. The third-order valence-corrected chi connectivity index (χ3v) is 4.01. The van der Waals surface area contributed by atoms with E-state index in [-0.39, 0.29) is 24.8 Å². The SMILES string of the molecule is Cl.Cl.Nc1nc(NCCCNc2cccnc2)cc(C2CC(N)C2)n1. The normalized spacial score (nSPS) is 18.3. The number of nitrogen functional groups attached to an aromatic ring is 1. The van der Waals surface area contributed by atoms with Gasteiger partial charge in [-0.25, -0.2) is 4.98 Å². The van der Waals surface area contributed by atoms with Gasteiger partial charge in [-0.05, 0) is 31.4 Å². The molecular formula is C16H25Cl2N7. The lowest BCUT2D eigenvalue weighted by Crippen LogP contribution is -2.35. The van der Waals surface area contributed by atoms with Crippen LogP contribution in [0.3, 0.4) is 0 Å². The van der Waals surface area contributed by atoms with E-state index < -0.39 is 0 Å². The molecule has 25 heavy (non-hydrogen) atoms. The molecule has 0 atom stereocenters. The number of pyridine rings is 1. The van der Waals surface area contributed by atoms with Gasteiger partial charge in [0, 0.05) is 43.5 Å². The van der Waals surface area contributed by atoms with Gasteiger partial charge in [0.25, 0.3) is 0 Å². The van der Waals surface area contributed by atoms with E-state index in [0.717, 1.165) is 49.6 Å². The van der Waals surface area contributed by atoms with Crippen molar-refractivity contribution in [3.05, 3.63) is 36.3 Å². The minimum atomic E-state index is 0. The molecule has 2 heterocycles. The molecule has 1 saturated carbocycles. The molecule has 7 nitrogen and oxygen atoms in total. The van der Waals surface area contributed by atoms with Crippen LogP contribution >= 0.6 is 24.8 Å². The molecule has 0 amide bonds. The Bertz CT molecular complexity index is 636. The predicted octanol–water partition coefficient (Wildman–Crippen LogP) is 2.42. The first-order chi connectivity index (χ1) is 11.2. The van der Waals surface area contributed by atoms with Crippen molar-refractivity contribution >= 4 is 42.3 Å². The quantitative estimate of drug-likeness (QED) is 0.540. The van der Waals surface area contributed by atoms with Crippen molar-refractivity contribution in [2.24, 2.45) is 5.73 Å². The zero-order chi connectivity index (χ0) is 16.1. The molecule has 1 fully saturated rings. The Morgan fingerprint density at radius 1 is 1.12 bits per heavy atom. The Balaban J connectivity index is 0.00000156. The largest absolute Gasteiger partial charge is 0.384 e. The van der Waals surface area contributed by atoms with Crippen molar-refractivity contribution in [3.8, 4) is 0 Å². The van der Waals surface area contributed by atoms with Crippen LogP contribution in [-0.4, -0.2) is 34.1 Å². The van der Waals surface area contributed by atoms with Gasteiger partial charge in [0.15, 0.2) is 0 Å². The van der Waals surface area contributed by atoms with Crippen LogP contribution in [0.15, 0.2) is 30.6 Å². The first-order valence-electron chi connectivity index (χ1n) is 7.98. The van der Waals surface area contributed by atoms with Crippen LogP contribution in [0.5, 0.6) is 0 Å². The molecule has 0 bridgehead atoms. The van der Waals surface area contributed by atoms with Gasteiger partial charge in [0.2, 0.25) is 5.95 Å². The van der Waals surface area contributed by atoms with Crippen molar-refractivity contribution in [1.29, 1.82) is 0 Å². The summed E-state index contributed by atoms with van der Waals surface area (Å²) in [6, 6.07) is 6.20. The Hall–Kier alpha value is -1.83. The average molecular weight is 386 g/mol. The summed E-state index contributed by atoms with van der Waals surface area (Å²) in [4.78, 5) is 12.6. The fourth-order valence-electron chi connectivity index (χ4n) is 2.69. The molecule has 0 aliphatic heterocycles. The highest BCUT2D eigenvalue weighted by Gasteiger charge is 2.28. The third kappa shape index (κ3) is 6.19. The summed E-state index contributed by atoms with van der Waals surface area (Å²) in [6.45, 7) is 1.68. The molecule has 1 aliphatic rings. The standard InChI is InChI=1S/C16H23N7.2ClH/c17-12-7-11(8-12)14-9-15(23-16(18)22-14)21-6-2-5-20-13-3-1-4-19-10-13;;/h1,3-4,9-12,20H,2,5-8,17H2,(H3,18,21,22,23);2*1H. The van der Waals surface area contributed by atoms with Gasteiger partial charge in [0.1, 0.15) is 5.82 Å². The molecule has 0 radical (unpaired) electrons. The lowest BCUT2D eigenvalue weighted by atomic mass is 9.78. The summed E-state index contributed by atoms with van der Waals surface area (Å²) in [5, 5.41) is 6.63. The van der Waals surface area contributed by atoms with Crippen LogP contribution in [0.25, 0.3) is 0 Å². The van der Waals surface area contributed by atoms with Crippen LogP contribution in [0.2, 0.25) is 0 Å². The molecule has 0 aromatic carbocycles. The van der Waals surface area contributed by atoms with Gasteiger partial charge in [-0.3, -0.25) is 4.98 Å². The molecular weight excluding hydrogens is 361 g/mol. The van der Waals surface area contributed by atoms with Crippen molar-refractivity contribution in [2.75, 3.05) is 29.5 Å². The van der Waals surface area contributed by atoms with Crippen molar-refractivity contribution in [1.82, 2.24) is 15.0 Å². The highest BCUT2D eigenvalue weighted by Crippen LogP contribution is 2.35. The van der Waals surface area contributed by atoms with E-state index in [1.807, 2.05) is 24.4 Å². The van der Waals surface area contributed by atoms with Gasteiger partial charge in [-0.1, -0.05) is 0 Å².